The second-order valence-electron chi connectivity index (χ2n) is 7.27. The molecule has 0 bridgehead atoms. The number of hydrogen-bond acceptors (Lipinski definition) is 5. The number of ether oxygens (including phenoxy) is 3. The van der Waals surface area contributed by atoms with E-state index < -0.39 is 37.4 Å². The molecule has 1 amide bonds. The van der Waals surface area contributed by atoms with Gasteiger partial charge in [0.05, 0.1) is 19.2 Å². The fourth-order valence-electron chi connectivity index (χ4n) is 3.52. The van der Waals surface area contributed by atoms with Crippen LogP contribution in [0.4, 0.5) is 22.0 Å². The van der Waals surface area contributed by atoms with Gasteiger partial charge in [0.15, 0.2) is 5.69 Å². The Hall–Kier alpha value is -2.89. The van der Waals surface area contributed by atoms with Crippen molar-refractivity contribution in [2.75, 3.05) is 13.2 Å². The molecule has 7 nitrogen and oxygen atoms in total. The third kappa shape index (κ3) is 5.24. The highest BCUT2D eigenvalue weighted by molar-refractivity contribution is 5.92. The lowest BCUT2D eigenvalue weighted by molar-refractivity contribution is -0.329. The van der Waals surface area contributed by atoms with E-state index in [4.69, 9.17) is 9.47 Å². The van der Waals surface area contributed by atoms with Crippen molar-refractivity contribution in [1.82, 2.24) is 15.1 Å². The second kappa shape index (κ2) is 8.33. The first kappa shape index (κ1) is 21.3. The zero-order valence-corrected chi connectivity index (χ0v) is 16.0. The standard InChI is InChI=1S/C19H18F5N3O4/c20-16(21)4-10-1-2-15-11(3-10)5-12(8-29-15)25-18(28)14-6-17-27(26-14)7-13(31-17)9-30-19(22,23)24/h1-3,6,12-13,16H,4-5,7-9H2,(H,25,28)/t12-,13?/m1/s1. The van der Waals surface area contributed by atoms with Gasteiger partial charge in [-0.15, -0.1) is 13.2 Å². The molecular formula is C19H18F5N3O4. The Kier molecular flexibility index (Phi) is 5.73. The predicted octanol–water partition coefficient (Wildman–Crippen LogP) is 2.72. The van der Waals surface area contributed by atoms with E-state index in [1.54, 1.807) is 18.2 Å². The number of aromatic nitrogens is 2. The van der Waals surface area contributed by atoms with Crippen molar-refractivity contribution in [1.29, 1.82) is 0 Å². The van der Waals surface area contributed by atoms with Crippen LogP contribution in [0.2, 0.25) is 0 Å². The van der Waals surface area contributed by atoms with Gasteiger partial charge in [-0.05, 0) is 23.6 Å². The Morgan fingerprint density at radius 3 is 2.84 bits per heavy atom. The average Bonchev–Trinajstić information content (AvgIpc) is 3.24. The second-order valence-corrected chi connectivity index (χ2v) is 7.27. The summed E-state index contributed by atoms with van der Waals surface area (Å²) in [5.74, 6) is 0.252. The molecule has 0 aliphatic carbocycles. The molecule has 0 saturated carbocycles. The smallest absolute Gasteiger partial charge is 0.491 e. The fourth-order valence-corrected chi connectivity index (χ4v) is 3.52. The molecule has 2 aromatic rings. The minimum Gasteiger partial charge on any atom is -0.491 e. The maximum Gasteiger partial charge on any atom is 0.522 e. The summed E-state index contributed by atoms with van der Waals surface area (Å²) in [7, 11) is 0. The van der Waals surface area contributed by atoms with Crippen molar-refractivity contribution < 1.29 is 41.0 Å². The van der Waals surface area contributed by atoms with E-state index in [1.807, 2.05) is 0 Å². The van der Waals surface area contributed by atoms with Crippen LogP contribution in [0.1, 0.15) is 21.6 Å². The lowest BCUT2D eigenvalue weighted by Crippen LogP contribution is -2.43. The van der Waals surface area contributed by atoms with Gasteiger partial charge >= 0.3 is 6.36 Å². The predicted molar refractivity (Wildman–Crippen MR) is 95.3 cm³/mol. The molecule has 1 aromatic heterocycles. The first-order chi connectivity index (χ1) is 14.7. The molecule has 1 aromatic carbocycles. The van der Waals surface area contributed by atoms with Crippen LogP contribution < -0.4 is 14.8 Å². The van der Waals surface area contributed by atoms with Crippen molar-refractivity contribution in [2.45, 2.75) is 44.3 Å². The zero-order valence-electron chi connectivity index (χ0n) is 16.0. The van der Waals surface area contributed by atoms with Crippen LogP contribution in [-0.2, 0) is 24.1 Å². The largest absolute Gasteiger partial charge is 0.522 e. The van der Waals surface area contributed by atoms with Crippen molar-refractivity contribution in [2.24, 2.45) is 0 Å². The number of hydrogen-bond donors (Lipinski definition) is 1. The summed E-state index contributed by atoms with van der Waals surface area (Å²) in [5.41, 5.74) is 1.25. The van der Waals surface area contributed by atoms with Crippen LogP contribution in [0.15, 0.2) is 24.3 Å². The number of benzene rings is 1. The molecule has 2 aliphatic heterocycles. The monoisotopic (exact) mass is 447 g/mol. The Balaban J connectivity index is 1.33. The molecule has 0 fully saturated rings. The molecule has 0 radical (unpaired) electrons. The molecule has 2 atom stereocenters. The molecule has 168 valence electrons. The van der Waals surface area contributed by atoms with Gasteiger partial charge in [0.2, 0.25) is 12.3 Å². The molecule has 4 rings (SSSR count). The first-order valence-electron chi connectivity index (χ1n) is 9.45. The topological polar surface area (TPSA) is 74.6 Å². The molecule has 1 unspecified atom stereocenters. The van der Waals surface area contributed by atoms with Gasteiger partial charge < -0.3 is 14.8 Å². The van der Waals surface area contributed by atoms with Crippen LogP contribution in [-0.4, -0.2) is 53.8 Å². The summed E-state index contributed by atoms with van der Waals surface area (Å²) in [5, 5.41) is 6.82. The third-order valence-electron chi connectivity index (χ3n) is 4.83. The number of nitrogens with one attached hydrogen (secondary N) is 1. The number of amides is 1. The fraction of sp³-hybridized carbons (Fsp3) is 0.474. The van der Waals surface area contributed by atoms with Crippen LogP contribution in [0.5, 0.6) is 11.6 Å². The van der Waals surface area contributed by atoms with Gasteiger partial charge in [-0.25, -0.2) is 13.5 Å². The van der Waals surface area contributed by atoms with Crippen LogP contribution in [0.25, 0.3) is 0 Å². The van der Waals surface area contributed by atoms with Gasteiger partial charge in [-0.2, -0.15) is 5.10 Å². The number of halogens is 5. The van der Waals surface area contributed by atoms with E-state index in [0.717, 1.165) is 5.56 Å². The first-order valence-corrected chi connectivity index (χ1v) is 9.45. The Morgan fingerprint density at radius 2 is 2.13 bits per heavy atom. The van der Waals surface area contributed by atoms with E-state index >= 15 is 0 Å². The highest BCUT2D eigenvalue weighted by Gasteiger charge is 2.34. The molecule has 3 heterocycles. The van der Waals surface area contributed by atoms with Crippen LogP contribution >= 0.6 is 0 Å². The SMILES string of the molecule is O=C(N[C@H]1COc2ccc(CC(F)F)cc2C1)c1cc2n(n1)CC(COC(F)(F)F)O2. The lowest BCUT2D eigenvalue weighted by Gasteiger charge is -2.26. The third-order valence-corrected chi connectivity index (χ3v) is 4.83. The Bertz CT molecular complexity index is 939. The van der Waals surface area contributed by atoms with E-state index in [2.05, 4.69) is 15.2 Å². The summed E-state index contributed by atoms with van der Waals surface area (Å²) >= 11 is 0. The number of alkyl halides is 5. The minimum absolute atomic E-state index is 0.0194. The molecule has 31 heavy (non-hydrogen) atoms. The molecular weight excluding hydrogens is 429 g/mol. The van der Waals surface area contributed by atoms with Gasteiger partial charge in [-0.1, -0.05) is 12.1 Å². The van der Waals surface area contributed by atoms with Crippen LogP contribution in [0.3, 0.4) is 0 Å². The van der Waals surface area contributed by atoms with Crippen molar-refractivity contribution in [3.05, 3.63) is 41.1 Å². The van der Waals surface area contributed by atoms with Gasteiger partial charge in [-0.3, -0.25) is 9.53 Å². The maximum atomic E-state index is 12.6. The van der Waals surface area contributed by atoms with Gasteiger partial charge in [0, 0.05) is 12.5 Å². The molecule has 0 saturated heterocycles. The van der Waals surface area contributed by atoms with Crippen molar-refractivity contribution >= 4 is 5.91 Å². The van der Waals surface area contributed by atoms with E-state index in [-0.39, 0.29) is 31.1 Å². The number of carbonyl (C=O) groups is 1. The Labute approximate surface area is 173 Å². The summed E-state index contributed by atoms with van der Waals surface area (Å²) in [6.45, 7) is -0.458. The van der Waals surface area contributed by atoms with Gasteiger partial charge in [0.25, 0.3) is 5.91 Å². The summed E-state index contributed by atoms with van der Waals surface area (Å²) in [6, 6.07) is 5.81. The lowest BCUT2D eigenvalue weighted by atomic mass is 9.99. The minimum atomic E-state index is -4.75. The Morgan fingerprint density at radius 1 is 1.32 bits per heavy atom. The summed E-state index contributed by atoms with van der Waals surface area (Å²) < 4.78 is 77.6. The quantitative estimate of drug-likeness (QED) is 0.690. The number of rotatable bonds is 6. The number of nitrogens with zero attached hydrogens (tertiary/aromatic N) is 2. The maximum absolute atomic E-state index is 12.6. The summed E-state index contributed by atoms with van der Waals surface area (Å²) in [4.78, 5) is 12.5. The van der Waals surface area contributed by atoms with Gasteiger partial charge in [0.1, 0.15) is 18.5 Å². The molecule has 0 spiro atoms. The van der Waals surface area contributed by atoms with E-state index in [1.165, 1.54) is 10.7 Å². The number of fused-ring (bicyclic) bond motifs is 2. The molecule has 2 aliphatic rings. The zero-order chi connectivity index (χ0) is 22.2. The van der Waals surface area contributed by atoms with E-state index in [9.17, 15) is 26.7 Å². The van der Waals surface area contributed by atoms with Crippen LogP contribution in [0, 0.1) is 0 Å². The molecule has 12 heteroatoms. The number of carbonyl (C=O) groups excluding carboxylic acids is 1. The molecule has 1 N–H and O–H groups in total. The van der Waals surface area contributed by atoms with Crippen molar-refractivity contribution in [3.63, 3.8) is 0 Å². The summed E-state index contributed by atoms with van der Waals surface area (Å²) in [6.07, 6.45) is -8.02. The van der Waals surface area contributed by atoms with E-state index in [0.29, 0.717) is 17.7 Å². The van der Waals surface area contributed by atoms with Crippen molar-refractivity contribution in [3.8, 4) is 11.6 Å². The highest BCUT2D eigenvalue weighted by Crippen LogP contribution is 2.28. The normalized spacial score (nSPS) is 20.1. The highest BCUT2D eigenvalue weighted by atomic mass is 19.4. The average molecular weight is 447 g/mol.